The largest absolute Gasteiger partial charge is 0.456 e. The van der Waals surface area contributed by atoms with Crippen LogP contribution in [0.15, 0.2) is 59.9 Å². The first kappa shape index (κ1) is 27.0. The van der Waals surface area contributed by atoms with E-state index in [1.165, 1.54) is 0 Å². The van der Waals surface area contributed by atoms with Crippen LogP contribution in [-0.4, -0.2) is 42.3 Å². The number of pyridine rings is 1. The van der Waals surface area contributed by atoms with Crippen LogP contribution in [0.1, 0.15) is 44.7 Å². The van der Waals surface area contributed by atoms with Crippen LogP contribution >= 0.6 is 0 Å². The predicted octanol–water partition coefficient (Wildman–Crippen LogP) is 5.73. The third-order valence-electron chi connectivity index (χ3n) is 6.72. The Hall–Kier alpha value is -3.63. The third kappa shape index (κ3) is 5.86. The van der Waals surface area contributed by atoms with E-state index in [-0.39, 0.29) is 23.4 Å². The highest BCUT2D eigenvalue weighted by Crippen LogP contribution is 2.34. The van der Waals surface area contributed by atoms with Crippen molar-refractivity contribution in [3.63, 3.8) is 0 Å². The summed E-state index contributed by atoms with van der Waals surface area (Å²) in [4.78, 5) is 17.7. The zero-order valence-electron chi connectivity index (χ0n) is 22.5. The van der Waals surface area contributed by atoms with Crippen molar-refractivity contribution in [3.05, 3.63) is 71.9 Å². The maximum absolute atomic E-state index is 15.3. The minimum Gasteiger partial charge on any atom is -0.456 e. The molecule has 1 N–H and O–H groups in total. The summed E-state index contributed by atoms with van der Waals surface area (Å²) in [6, 6.07) is 10.4. The van der Waals surface area contributed by atoms with Gasteiger partial charge in [-0.2, -0.15) is 5.10 Å². The molecule has 10 heteroatoms. The summed E-state index contributed by atoms with van der Waals surface area (Å²) >= 11 is 0. The van der Waals surface area contributed by atoms with Crippen molar-refractivity contribution >= 4 is 33.5 Å². The van der Waals surface area contributed by atoms with E-state index >= 15 is 4.39 Å². The fraction of sp³-hybridized carbons (Fsp3) is 0.345. The first-order valence-corrected chi connectivity index (χ1v) is 14.1. The highest BCUT2D eigenvalue weighted by Gasteiger charge is 2.21. The van der Waals surface area contributed by atoms with E-state index in [0.29, 0.717) is 38.5 Å². The average Bonchev–Trinajstić information content (AvgIpc) is 3.61. The zero-order chi connectivity index (χ0) is 27.7. The molecular weight excluding hydrogens is 517 g/mol. The molecule has 2 aromatic heterocycles. The first-order chi connectivity index (χ1) is 18.6. The van der Waals surface area contributed by atoms with Gasteiger partial charge < -0.3 is 10.1 Å². The van der Waals surface area contributed by atoms with E-state index in [0.717, 1.165) is 25.9 Å². The van der Waals surface area contributed by atoms with Gasteiger partial charge in [0.2, 0.25) is 5.91 Å². The molecule has 4 aromatic rings. The van der Waals surface area contributed by atoms with Crippen LogP contribution in [0, 0.1) is 12.7 Å². The maximum atomic E-state index is 15.3. The molecule has 204 valence electrons. The summed E-state index contributed by atoms with van der Waals surface area (Å²) in [5.41, 5.74) is 1.60. The molecule has 0 radical (unpaired) electrons. The van der Waals surface area contributed by atoms with E-state index < -0.39 is 16.8 Å². The number of aromatic nitrogens is 3. The van der Waals surface area contributed by atoms with Crippen LogP contribution in [0.3, 0.4) is 0 Å². The first-order valence-electron chi connectivity index (χ1n) is 13.0. The summed E-state index contributed by atoms with van der Waals surface area (Å²) in [6.07, 6.45) is 6.91. The number of benzene rings is 2. The Labute approximate surface area is 229 Å². The van der Waals surface area contributed by atoms with E-state index in [4.69, 9.17) is 4.74 Å². The van der Waals surface area contributed by atoms with Crippen molar-refractivity contribution in [2.45, 2.75) is 57.4 Å². The molecule has 1 aliphatic heterocycles. The molecule has 0 bridgehead atoms. The second-order valence-electron chi connectivity index (χ2n) is 10.7. The summed E-state index contributed by atoms with van der Waals surface area (Å²) in [6.45, 7) is 9.27. The number of hydrogen-bond acceptors (Lipinski definition) is 5. The van der Waals surface area contributed by atoms with Gasteiger partial charge in [0.25, 0.3) is 0 Å². The molecule has 0 aliphatic carbocycles. The molecule has 0 spiro atoms. The molecule has 1 atom stereocenters. The van der Waals surface area contributed by atoms with Crippen molar-refractivity contribution in [3.8, 4) is 11.5 Å². The lowest BCUT2D eigenvalue weighted by Crippen LogP contribution is -2.22. The Bertz CT molecular complexity index is 1560. The zero-order valence-corrected chi connectivity index (χ0v) is 23.3. The van der Waals surface area contributed by atoms with Gasteiger partial charge in [0.05, 0.1) is 34.3 Å². The number of rotatable bonds is 7. The molecule has 3 heterocycles. The Morgan fingerprint density at radius 2 is 1.90 bits per heavy atom. The highest BCUT2D eigenvalue weighted by atomic mass is 32.2. The maximum Gasteiger partial charge on any atom is 0.228 e. The lowest BCUT2D eigenvalue weighted by molar-refractivity contribution is -0.115. The van der Waals surface area contributed by atoms with Crippen molar-refractivity contribution in [1.82, 2.24) is 19.1 Å². The summed E-state index contributed by atoms with van der Waals surface area (Å²) in [5, 5.41) is 7.75. The van der Waals surface area contributed by atoms with Crippen molar-refractivity contribution < 1.29 is 18.1 Å². The van der Waals surface area contributed by atoms with Gasteiger partial charge >= 0.3 is 0 Å². The third-order valence-corrected chi connectivity index (χ3v) is 8.21. The molecule has 1 unspecified atom stereocenters. The van der Waals surface area contributed by atoms with Crippen molar-refractivity contribution in [1.29, 1.82) is 0 Å². The molecule has 1 aliphatic rings. The number of halogens is 1. The molecule has 1 fully saturated rings. The Morgan fingerprint density at radius 1 is 1.13 bits per heavy atom. The molecule has 1 amide bonds. The van der Waals surface area contributed by atoms with Gasteiger partial charge in [-0.05, 0) is 76.4 Å². The number of hydrogen-bond donors (Lipinski definition) is 1. The quantitative estimate of drug-likeness (QED) is 0.318. The van der Waals surface area contributed by atoms with Gasteiger partial charge in [-0.25, -0.2) is 12.9 Å². The SMILES string of the molecule is Cc1c(Oc2ccnc3ccc(S(=O)N4CCCC4)cc23)ccc(CC(=O)Nc2cnn(C(C)(C)C)c2)c1F. The minimum absolute atomic E-state index is 0.127. The van der Waals surface area contributed by atoms with E-state index in [2.05, 4.69) is 15.4 Å². The van der Waals surface area contributed by atoms with Crippen LogP contribution in [0.4, 0.5) is 10.1 Å². The van der Waals surface area contributed by atoms with Gasteiger partial charge in [-0.1, -0.05) is 6.07 Å². The Balaban J connectivity index is 1.34. The number of carbonyl (C=O) groups excluding carboxylic acids is 1. The van der Waals surface area contributed by atoms with E-state index in [1.807, 2.05) is 43.3 Å². The summed E-state index contributed by atoms with van der Waals surface area (Å²) in [7, 11) is -1.26. The van der Waals surface area contributed by atoms with Crippen LogP contribution in [0.25, 0.3) is 10.9 Å². The smallest absolute Gasteiger partial charge is 0.228 e. The monoisotopic (exact) mass is 549 g/mol. The Kier molecular flexibility index (Phi) is 7.51. The fourth-order valence-electron chi connectivity index (χ4n) is 4.52. The lowest BCUT2D eigenvalue weighted by atomic mass is 10.1. The van der Waals surface area contributed by atoms with Gasteiger partial charge in [-0.15, -0.1) is 0 Å². The molecule has 0 saturated carbocycles. The van der Waals surface area contributed by atoms with Crippen LogP contribution in [-0.2, 0) is 27.7 Å². The van der Waals surface area contributed by atoms with Crippen molar-refractivity contribution in [2.75, 3.05) is 18.4 Å². The second kappa shape index (κ2) is 10.9. The van der Waals surface area contributed by atoms with E-state index in [1.54, 1.807) is 48.4 Å². The van der Waals surface area contributed by atoms with Crippen LogP contribution in [0.2, 0.25) is 0 Å². The number of nitrogens with one attached hydrogen (secondary N) is 1. The molecular formula is C29H32FN5O3S. The fourth-order valence-corrected chi connectivity index (χ4v) is 5.81. The molecule has 2 aromatic carbocycles. The Morgan fingerprint density at radius 3 is 2.62 bits per heavy atom. The molecule has 39 heavy (non-hydrogen) atoms. The van der Waals surface area contributed by atoms with Gasteiger partial charge in [-0.3, -0.25) is 14.5 Å². The van der Waals surface area contributed by atoms with Gasteiger partial charge in [0, 0.05) is 36.4 Å². The number of amides is 1. The summed E-state index contributed by atoms with van der Waals surface area (Å²) in [5.74, 6) is -0.0119. The lowest BCUT2D eigenvalue weighted by Gasteiger charge is -2.18. The number of fused-ring (bicyclic) bond motifs is 1. The minimum atomic E-state index is -1.26. The number of carbonyl (C=O) groups is 1. The van der Waals surface area contributed by atoms with Crippen molar-refractivity contribution in [2.24, 2.45) is 0 Å². The second-order valence-corrected chi connectivity index (χ2v) is 12.2. The average molecular weight is 550 g/mol. The highest BCUT2D eigenvalue weighted by molar-refractivity contribution is 7.82. The number of nitrogens with zero attached hydrogens (tertiary/aromatic N) is 4. The molecule has 8 nitrogen and oxygen atoms in total. The van der Waals surface area contributed by atoms with Crippen LogP contribution < -0.4 is 10.1 Å². The van der Waals surface area contributed by atoms with E-state index in [9.17, 15) is 9.00 Å². The topological polar surface area (TPSA) is 89.3 Å². The van der Waals surface area contributed by atoms with Gasteiger partial charge in [0.15, 0.2) is 0 Å². The van der Waals surface area contributed by atoms with Crippen LogP contribution in [0.5, 0.6) is 11.5 Å². The molecule has 1 saturated heterocycles. The predicted molar refractivity (Wildman–Crippen MR) is 150 cm³/mol. The number of ether oxygens (including phenoxy) is 1. The summed E-state index contributed by atoms with van der Waals surface area (Å²) < 4.78 is 38.3. The van der Waals surface area contributed by atoms with Gasteiger partial charge in [0.1, 0.15) is 28.3 Å². The normalized spacial score (nSPS) is 15.0. The standard InChI is InChI=1S/C29H32FN5O3S/c1-19-25(10-7-20(28(19)30)15-27(36)33-21-17-32-35(18-21)29(2,3)4)38-26-11-12-31-24-9-8-22(16-23(24)26)39(37)34-13-5-6-14-34/h7-12,16-18H,5-6,13-15H2,1-4H3,(H,33,36). The number of anilines is 1. The molecule has 5 rings (SSSR count).